The van der Waals surface area contributed by atoms with Gasteiger partial charge in [0.2, 0.25) is 5.95 Å². The summed E-state index contributed by atoms with van der Waals surface area (Å²) < 4.78 is 7.18. The molecule has 0 aliphatic rings. The van der Waals surface area contributed by atoms with Crippen molar-refractivity contribution in [1.82, 2.24) is 29.9 Å². The lowest BCUT2D eigenvalue weighted by atomic mass is 9.72. The largest absolute Gasteiger partial charge is 0.481 e. The minimum atomic E-state index is -0.954. The van der Waals surface area contributed by atoms with Crippen LogP contribution in [0.5, 0.6) is 0 Å². The number of aromatic nitrogens is 6. The lowest BCUT2D eigenvalue weighted by Gasteiger charge is -2.31. The number of aliphatic carboxylic acids is 1. The lowest BCUT2D eigenvalue weighted by molar-refractivity contribution is -0.147. The molecule has 35 heavy (non-hydrogen) atoms. The van der Waals surface area contributed by atoms with E-state index in [9.17, 15) is 9.90 Å². The number of hydrogen-bond donors (Lipinski definition) is 2. The van der Waals surface area contributed by atoms with Gasteiger partial charge in [-0.15, -0.1) is 0 Å². The maximum Gasteiger partial charge on any atom is 0.310 e. The molecule has 0 saturated heterocycles. The second-order valence-corrected chi connectivity index (χ2v) is 9.80. The van der Waals surface area contributed by atoms with E-state index in [0.717, 1.165) is 16.7 Å². The molecule has 3 aromatic heterocycles. The fraction of sp³-hybridized carbons (Fsp3) is 0.360. The van der Waals surface area contributed by atoms with Crippen molar-refractivity contribution < 1.29 is 14.4 Å². The highest BCUT2D eigenvalue weighted by Gasteiger charge is 2.38. The van der Waals surface area contributed by atoms with Crippen molar-refractivity contribution in [3.63, 3.8) is 0 Å². The van der Waals surface area contributed by atoms with E-state index in [1.807, 2.05) is 24.3 Å². The summed E-state index contributed by atoms with van der Waals surface area (Å²) >= 11 is 0. The SMILES string of the molecule is CC(C)C(C)(c1ccc(-c2cnc(N)nc2)cc1)c1noc(-c2cnn(CC(C)(C)C(=O)O)c2)n1. The van der Waals surface area contributed by atoms with Crippen molar-refractivity contribution in [2.75, 3.05) is 5.73 Å². The second kappa shape index (κ2) is 8.94. The van der Waals surface area contributed by atoms with Gasteiger partial charge in [0.05, 0.1) is 29.1 Å². The van der Waals surface area contributed by atoms with E-state index in [1.165, 1.54) is 0 Å². The summed E-state index contributed by atoms with van der Waals surface area (Å²) in [5.74, 6) is 0.406. The van der Waals surface area contributed by atoms with Gasteiger partial charge >= 0.3 is 5.97 Å². The van der Waals surface area contributed by atoms with Crippen LogP contribution < -0.4 is 5.73 Å². The standard InChI is InChI=1S/C25H29N7O3/c1-15(2)25(5,19-8-6-16(7-9-19)17-10-27-23(26)28-11-17)21-30-20(35-31-21)18-12-29-32(13-18)14-24(3,4)22(33)34/h6-13,15H,14H2,1-5H3,(H,33,34)(H2,26,27,28). The van der Waals surface area contributed by atoms with Gasteiger partial charge in [-0.25, -0.2) is 9.97 Å². The zero-order valence-corrected chi connectivity index (χ0v) is 20.4. The molecular formula is C25H29N7O3. The Balaban J connectivity index is 1.62. The average Bonchev–Trinajstić information content (AvgIpc) is 3.49. The number of rotatable bonds is 8. The molecule has 3 heterocycles. The minimum absolute atomic E-state index is 0.165. The van der Waals surface area contributed by atoms with Gasteiger partial charge in [-0.3, -0.25) is 9.48 Å². The van der Waals surface area contributed by atoms with E-state index in [-0.39, 0.29) is 18.4 Å². The molecule has 4 rings (SSSR count). The van der Waals surface area contributed by atoms with E-state index in [1.54, 1.807) is 43.3 Å². The quantitative estimate of drug-likeness (QED) is 0.385. The molecule has 0 fully saturated rings. The molecule has 1 unspecified atom stereocenters. The van der Waals surface area contributed by atoms with Crippen LogP contribution >= 0.6 is 0 Å². The van der Waals surface area contributed by atoms with E-state index in [4.69, 9.17) is 15.2 Å². The van der Waals surface area contributed by atoms with Crippen LogP contribution in [0.1, 0.15) is 46.0 Å². The first kappa shape index (κ1) is 24.1. The summed E-state index contributed by atoms with van der Waals surface area (Å²) in [6.07, 6.45) is 6.72. The monoisotopic (exact) mass is 475 g/mol. The second-order valence-electron chi connectivity index (χ2n) is 9.80. The number of carbonyl (C=O) groups is 1. The van der Waals surface area contributed by atoms with Crippen molar-refractivity contribution in [3.05, 3.63) is 60.4 Å². The molecular weight excluding hydrogens is 446 g/mol. The Kier molecular flexibility index (Phi) is 6.14. The third-order valence-electron chi connectivity index (χ3n) is 6.55. The van der Waals surface area contributed by atoms with Gasteiger partial charge in [0.25, 0.3) is 5.89 Å². The fourth-order valence-corrected chi connectivity index (χ4v) is 3.80. The molecule has 1 aromatic carbocycles. The summed E-state index contributed by atoms with van der Waals surface area (Å²) in [5.41, 5.74) is 7.65. The predicted octanol–water partition coefficient (Wildman–Crippen LogP) is 4.05. The molecule has 0 aliphatic carbocycles. The van der Waals surface area contributed by atoms with Crippen molar-refractivity contribution in [2.45, 2.75) is 46.6 Å². The fourth-order valence-electron chi connectivity index (χ4n) is 3.80. The number of nitrogens with zero attached hydrogens (tertiary/aromatic N) is 6. The highest BCUT2D eigenvalue weighted by molar-refractivity contribution is 5.73. The first-order valence-corrected chi connectivity index (χ1v) is 11.3. The third-order valence-corrected chi connectivity index (χ3v) is 6.55. The molecule has 0 radical (unpaired) electrons. The topological polar surface area (TPSA) is 146 Å². The van der Waals surface area contributed by atoms with Crippen LogP contribution in [0.15, 0.2) is 53.6 Å². The van der Waals surface area contributed by atoms with Gasteiger partial charge in [0.1, 0.15) is 0 Å². The summed E-state index contributed by atoms with van der Waals surface area (Å²) in [5, 5.41) is 18.0. The Morgan fingerprint density at radius 2 is 1.71 bits per heavy atom. The normalized spacial score (nSPS) is 13.7. The summed E-state index contributed by atoms with van der Waals surface area (Å²) in [4.78, 5) is 24.3. The Bertz CT molecular complexity index is 1320. The molecule has 182 valence electrons. The molecule has 10 nitrogen and oxygen atoms in total. The minimum Gasteiger partial charge on any atom is -0.481 e. The number of anilines is 1. The van der Waals surface area contributed by atoms with Gasteiger partial charge in [-0.2, -0.15) is 10.1 Å². The van der Waals surface area contributed by atoms with Crippen LogP contribution in [0, 0.1) is 11.3 Å². The molecule has 1 atom stereocenters. The van der Waals surface area contributed by atoms with Crippen molar-refractivity contribution in [1.29, 1.82) is 0 Å². The molecule has 3 N–H and O–H groups in total. The van der Waals surface area contributed by atoms with Crippen LogP contribution in [-0.2, 0) is 16.8 Å². The van der Waals surface area contributed by atoms with E-state index < -0.39 is 16.8 Å². The Morgan fingerprint density at radius 3 is 2.31 bits per heavy atom. The molecule has 4 aromatic rings. The Hall–Kier alpha value is -4.08. The molecule has 0 amide bonds. The van der Waals surface area contributed by atoms with Crippen LogP contribution in [0.25, 0.3) is 22.6 Å². The summed E-state index contributed by atoms with van der Waals surface area (Å²) in [6.45, 7) is 9.85. The van der Waals surface area contributed by atoms with Gasteiger partial charge in [-0.05, 0) is 37.8 Å². The van der Waals surface area contributed by atoms with Crippen LogP contribution in [-0.4, -0.2) is 41.0 Å². The van der Waals surface area contributed by atoms with Gasteiger partial charge < -0.3 is 15.4 Å². The Labute approximate surface area is 203 Å². The molecule has 0 aliphatic heterocycles. The highest BCUT2D eigenvalue weighted by Crippen LogP contribution is 2.39. The molecule has 0 bridgehead atoms. The van der Waals surface area contributed by atoms with Crippen LogP contribution in [0.4, 0.5) is 5.95 Å². The number of nitrogens with two attached hydrogens (primary N) is 1. The molecule has 0 spiro atoms. The predicted molar refractivity (Wildman–Crippen MR) is 130 cm³/mol. The molecule has 10 heteroatoms. The number of benzene rings is 1. The van der Waals surface area contributed by atoms with E-state index in [0.29, 0.717) is 17.3 Å². The Morgan fingerprint density at radius 1 is 1.06 bits per heavy atom. The summed E-state index contributed by atoms with van der Waals surface area (Å²) in [6, 6.07) is 8.13. The van der Waals surface area contributed by atoms with Crippen LogP contribution in [0.2, 0.25) is 0 Å². The number of nitrogen functional groups attached to an aromatic ring is 1. The van der Waals surface area contributed by atoms with Crippen LogP contribution in [0.3, 0.4) is 0 Å². The van der Waals surface area contributed by atoms with E-state index in [2.05, 4.69) is 41.0 Å². The maximum absolute atomic E-state index is 11.4. The van der Waals surface area contributed by atoms with Crippen molar-refractivity contribution in [3.8, 4) is 22.6 Å². The smallest absolute Gasteiger partial charge is 0.310 e. The zero-order chi connectivity index (χ0) is 25.4. The first-order valence-electron chi connectivity index (χ1n) is 11.3. The van der Waals surface area contributed by atoms with E-state index >= 15 is 0 Å². The number of hydrogen-bond acceptors (Lipinski definition) is 8. The first-order chi connectivity index (χ1) is 16.5. The van der Waals surface area contributed by atoms with Gasteiger partial charge in [-0.1, -0.05) is 43.3 Å². The zero-order valence-electron chi connectivity index (χ0n) is 20.4. The average molecular weight is 476 g/mol. The molecule has 0 saturated carbocycles. The van der Waals surface area contributed by atoms with Crippen molar-refractivity contribution in [2.24, 2.45) is 11.3 Å². The van der Waals surface area contributed by atoms with Crippen molar-refractivity contribution >= 4 is 11.9 Å². The maximum atomic E-state index is 11.4. The lowest BCUT2D eigenvalue weighted by Crippen LogP contribution is -2.31. The number of carboxylic acids is 1. The summed E-state index contributed by atoms with van der Waals surface area (Å²) in [7, 11) is 0. The number of carboxylic acid groups (broad SMARTS) is 1. The highest BCUT2D eigenvalue weighted by atomic mass is 16.5. The van der Waals surface area contributed by atoms with Gasteiger partial charge in [0.15, 0.2) is 5.82 Å². The third kappa shape index (κ3) is 4.64. The van der Waals surface area contributed by atoms with Gasteiger partial charge in [0, 0.05) is 24.2 Å².